The van der Waals surface area contributed by atoms with Crippen LogP contribution in [0.4, 0.5) is 5.00 Å². The second-order valence-corrected chi connectivity index (χ2v) is 8.83. The molecule has 0 unspecified atom stereocenters. The number of esters is 1. The van der Waals surface area contributed by atoms with Gasteiger partial charge in [0, 0.05) is 17.3 Å². The molecule has 0 atom stereocenters. The maximum Gasteiger partial charge on any atom is 0.341 e. The predicted molar refractivity (Wildman–Crippen MR) is 111 cm³/mol. The molecule has 0 bridgehead atoms. The number of aromatic nitrogens is 3. The van der Waals surface area contributed by atoms with Crippen molar-refractivity contribution in [2.45, 2.75) is 50.7 Å². The molecule has 2 aromatic rings. The largest absolute Gasteiger partial charge is 0.465 e. The predicted octanol–water partition coefficient (Wildman–Crippen LogP) is 3.66. The summed E-state index contributed by atoms with van der Waals surface area (Å²) in [6.45, 7) is 8.47. The van der Waals surface area contributed by atoms with Crippen LogP contribution in [0, 0.1) is 0 Å². The molecule has 2 heterocycles. The number of thioether (sulfide) groups is 1. The lowest BCUT2D eigenvalue weighted by atomic mass is 10.1. The second-order valence-electron chi connectivity index (χ2n) is 6.78. The van der Waals surface area contributed by atoms with Gasteiger partial charge in [-0.05, 0) is 24.8 Å². The van der Waals surface area contributed by atoms with Crippen molar-refractivity contribution in [3.63, 3.8) is 0 Å². The number of aryl methyl sites for hydroxylation is 1. The van der Waals surface area contributed by atoms with Crippen LogP contribution < -0.4 is 5.32 Å². The minimum atomic E-state index is -0.394. The van der Waals surface area contributed by atoms with Crippen molar-refractivity contribution < 1.29 is 14.3 Å². The number of allylic oxidation sites excluding steroid dienone is 1. The summed E-state index contributed by atoms with van der Waals surface area (Å²) in [4.78, 5) is 25.9. The van der Waals surface area contributed by atoms with Gasteiger partial charge < -0.3 is 14.6 Å². The number of hydrogen-bond acceptors (Lipinski definition) is 7. The van der Waals surface area contributed by atoms with Gasteiger partial charge in [0.1, 0.15) is 10.8 Å². The summed E-state index contributed by atoms with van der Waals surface area (Å²) < 4.78 is 6.89. The summed E-state index contributed by atoms with van der Waals surface area (Å²) in [6, 6.07) is 0. The van der Waals surface area contributed by atoms with Crippen LogP contribution in [0.3, 0.4) is 0 Å². The van der Waals surface area contributed by atoms with E-state index in [1.165, 1.54) is 30.2 Å². The quantitative estimate of drug-likeness (QED) is 0.398. The third-order valence-corrected chi connectivity index (χ3v) is 6.64. The lowest BCUT2D eigenvalue weighted by molar-refractivity contribution is -0.113. The van der Waals surface area contributed by atoms with Crippen molar-refractivity contribution in [2.75, 3.05) is 18.2 Å². The summed E-state index contributed by atoms with van der Waals surface area (Å²) in [5.74, 6) is 0.692. The van der Waals surface area contributed by atoms with Crippen molar-refractivity contribution in [1.29, 1.82) is 0 Å². The van der Waals surface area contributed by atoms with Crippen molar-refractivity contribution in [3.05, 3.63) is 34.5 Å². The SMILES string of the molecule is C=CCn1c(SCC(=O)Nc2sc3c(c2C(=O)OC)CCC3)nnc1C(C)C. The molecule has 2 aromatic heterocycles. The molecule has 1 aliphatic rings. The van der Waals surface area contributed by atoms with Crippen LogP contribution >= 0.6 is 23.1 Å². The molecular weight excluding hydrogens is 396 g/mol. The van der Waals surface area contributed by atoms with E-state index in [0.29, 0.717) is 22.3 Å². The maximum atomic E-state index is 12.5. The zero-order valence-electron chi connectivity index (χ0n) is 16.3. The third kappa shape index (κ3) is 4.15. The van der Waals surface area contributed by atoms with Crippen molar-refractivity contribution in [1.82, 2.24) is 14.8 Å². The fraction of sp³-hybridized carbons (Fsp3) is 0.474. The molecule has 0 fully saturated rings. The number of carbonyl (C=O) groups excluding carboxylic acids is 2. The number of thiophene rings is 1. The zero-order chi connectivity index (χ0) is 20.3. The molecule has 0 aliphatic heterocycles. The van der Waals surface area contributed by atoms with E-state index in [9.17, 15) is 9.59 Å². The highest BCUT2D eigenvalue weighted by atomic mass is 32.2. The number of fused-ring (bicyclic) bond motifs is 1. The molecule has 9 heteroatoms. The van der Waals surface area contributed by atoms with E-state index in [4.69, 9.17) is 4.74 Å². The Kier molecular flexibility index (Phi) is 6.56. The molecule has 28 heavy (non-hydrogen) atoms. The number of nitrogens with zero attached hydrogens (tertiary/aromatic N) is 3. The van der Waals surface area contributed by atoms with Gasteiger partial charge in [0.15, 0.2) is 5.16 Å². The smallest absolute Gasteiger partial charge is 0.341 e. The Morgan fingerprint density at radius 1 is 1.39 bits per heavy atom. The number of ether oxygens (including phenoxy) is 1. The molecule has 3 rings (SSSR count). The number of nitrogens with one attached hydrogen (secondary N) is 1. The van der Waals surface area contributed by atoms with Crippen molar-refractivity contribution in [2.24, 2.45) is 0 Å². The summed E-state index contributed by atoms with van der Waals surface area (Å²) in [7, 11) is 1.36. The first-order chi connectivity index (χ1) is 13.5. The van der Waals surface area contributed by atoms with E-state index >= 15 is 0 Å². The first kappa shape index (κ1) is 20.6. The topological polar surface area (TPSA) is 86.1 Å². The van der Waals surface area contributed by atoms with E-state index in [0.717, 1.165) is 35.5 Å². The first-order valence-corrected chi connectivity index (χ1v) is 11.0. The Bertz CT molecular complexity index is 901. The van der Waals surface area contributed by atoms with Gasteiger partial charge in [-0.3, -0.25) is 4.79 Å². The molecular formula is C19H24N4O3S2. The Morgan fingerprint density at radius 2 is 2.18 bits per heavy atom. The number of methoxy groups -OCH3 is 1. The van der Waals surface area contributed by atoms with Crippen molar-refractivity contribution in [3.8, 4) is 0 Å². The Morgan fingerprint density at radius 3 is 2.86 bits per heavy atom. The highest BCUT2D eigenvalue weighted by Gasteiger charge is 2.28. The van der Waals surface area contributed by atoms with E-state index in [2.05, 4.69) is 35.9 Å². The number of carbonyl (C=O) groups is 2. The monoisotopic (exact) mass is 420 g/mol. The second kappa shape index (κ2) is 8.91. The number of anilines is 1. The number of hydrogen-bond donors (Lipinski definition) is 1. The molecule has 0 saturated carbocycles. The van der Waals surface area contributed by atoms with Gasteiger partial charge in [-0.1, -0.05) is 31.7 Å². The van der Waals surface area contributed by atoms with Crippen molar-refractivity contribution >= 4 is 40.0 Å². The first-order valence-electron chi connectivity index (χ1n) is 9.15. The van der Waals surface area contributed by atoms with E-state index < -0.39 is 5.97 Å². The highest BCUT2D eigenvalue weighted by Crippen LogP contribution is 2.39. The van der Waals surface area contributed by atoms with Gasteiger partial charge >= 0.3 is 5.97 Å². The molecule has 150 valence electrons. The van der Waals surface area contributed by atoms with Gasteiger partial charge in [0.05, 0.1) is 18.4 Å². The molecule has 7 nitrogen and oxygen atoms in total. The summed E-state index contributed by atoms with van der Waals surface area (Å²) in [5, 5.41) is 12.6. The molecule has 0 spiro atoms. The Balaban J connectivity index is 1.71. The van der Waals surface area contributed by atoms with Crippen LogP contribution in [-0.4, -0.2) is 39.5 Å². The molecule has 1 N–H and O–H groups in total. The molecule has 1 amide bonds. The van der Waals surface area contributed by atoms with Crippen LogP contribution in [0.25, 0.3) is 0 Å². The zero-order valence-corrected chi connectivity index (χ0v) is 17.9. The third-order valence-electron chi connectivity index (χ3n) is 4.47. The van der Waals surface area contributed by atoms with Gasteiger partial charge in [-0.2, -0.15) is 0 Å². The van der Waals surface area contributed by atoms with Gasteiger partial charge in [-0.25, -0.2) is 4.79 Å². The maximum absolute atomic E-state index is 12.5. The normalized spacial score (nSPS) is 12.9. The molecule has 0 saturated heterocycles. The minimum absolute atomic E-state index is 0.177. The molecule has 0 aromatic carbocycles. The fourth-order valence-corrected chi connectivity index (χ4v) is 5.29. The Hall–Kier alpha value is -2.13. The van der Waals surface area contributed by atoms with Gasteiger partial charge in [0.2, 0.25) is 5.91 Å². The van der Waals surface area contributed by atoms with E-state index in [1.54, 1.807) is 6.08 Å². The summed E-state index contributed by atoms with van der Waals surface area (Å²) in [6.07, 6.45) is 4.61. The Labute approximate surface area is 172 Å². The van der Waals surface area contributed by atoms with Gasteiger partial charge in [-0.15, -0.1) is 28.1 Å². The lowest BCUT2D eigenvalue weighted by Crippen LogP contribution is -2.16. The van der Waals surface area contributed by atoms with Crippen LogP contribution in [0.1, 0.15) is 52.8 Å². The standard InChI is InChI=1S/C19H24N4O3S2/c1-5-9-23-16(11(2)3)21-22-19(23)27-10-14(24)20-17-15(18(25)26-4)12-7-6-8-13(12)28-17/h5,11H,1,6-10H2,2-4H3,(H,20,24). The lowest BCUT2D eigenvalue weighted by Gasteiger charge is -2.10. The number of amides is 1. The van der Waals surface area contributed by atoms with E-state index in [1.807, 2.05) is 4.57 Å². The van der Waals surface area contributed by atoms with Crippen LogP contribution in [0.15, 0.2) is 17.8 Å². The fourth-order valence-electron chi connectivity index (χ4n) is 3.24. The van der Waals surface area contributed by atoms with Crippen LogP contribution in [0.5, 0.6) is 0 Å². The van der Waals surface area contributed by atoms with Crippen LogP contribution in [0.2, 0.25) is 0 Å². The minimum Gasteiger partial charge on any atom is -0.465 e. The van der Waals surface area contributed by atoms with E-state index in [-0.39, 0.29) is 17.6 Å². The van der Waals surface area contributed by atoms with Gasteiger partial charge in [0.25, 0.3) is 0 Å². The molecule has 1 aliphatic carbocycles. The highest BCUT2D eigenvalue weighted by molar-refractivity contribution is 7.99. The molecule has 0 radical (unpaired) electrons. The van der Waals surface area contributed by atoms with Crippen LogP contribution in [-0.2, 0) is 28.9 Å². The summed E-state index contributed by atoms with van der Waals surface area (Å²) in [5.41, 5.74) is 1.53. The average molecular weight is 421 g/mol. The summed E-state index contributed by atoms with van der Waals surface area (Å²) >= 11 is 2.79. The number of rotatable bonds is 8. The average Bonchev–Trinajstić information content (AvgIpc) is 3.34.